The fraction of sp³-hybridized carbons (Fsp3) is 0.318. The van der Waals surface area contributed by atoms with E-state index in [1.807, 2.05) is 43.3 Å². The number of rotatable bonds is 9. The van der Waals surface area contributed by atoms with Gasteiger partial charge in [0.15, 0.2) is 13.1 Å². The number of aromatic nitrogens is 2. The third kappa shape index (κ3) is 5.65. The van der Waals surface area contributed by atoms with Gasteiger partial charge in [0, 0.05) is 11.3 Å². The highest BCUT2D eigenvalue weighted by atomic mass is 16.5. The Morgan fingerprint density at radius 1 is 1.10 bits per heavy atom. The van der Waals surface area contributed by atoms with Crippen LogP contribution in [0.2, 0.25) is 0 Å². The van der Waals surface area contributed by atoms with Crippen molar-refractivity contribution < 1.29 is 19.0 Å². The zero-order chi connectivity index (χ0) is 20.6. The number of methoxy groups -OCH3 is 1. The Morgan fingerprint density at radius 3 is 2.45 bits per heavy atom. The first-order valence-electron chi connectivity index (χ1n) is 9.80. The van der Waals surface area contributed by atoms with E-state index in [0.29, 0.717) is 24.8 Å². The smallest absolute Gasteiger partial charge is 0.282 e. The standard InChI is InChI=1S/C22H26N4O3/c1-4-16-6-8-17(9-7-16)22-24-21(29-25-22)15-26(5-2)14-20(27)23-18-10-12-19(28-3)13-11-18/h6-13H,4-5,14-15H2,1-3H3,(H,23,27)/p+1. The van der Waals surface area contributed by atoms with Gasteiger partial charge in [0.1, 0.15) is 5.75 Å². The largest absolute Gasteiger partial charge is 0.497 e. The molecular formula is C22H27N4O3+. The summed E-state index contributed by atoms with van der Waals surface area (Å²) in [7, 11) is 1.61. The number of nitrogens with one attached hydrogen (secondary N) is 2. The number of aryl methyl sites for hydroxylation is 1. The summed E-state index contributed by atoms with van der Waals surface area (Å²) in [5.74, 6) is 1.77. The Labute approximate surface area is 170 Å². The Bertz CT molecular complexity index is 920. The lowest BCUT2D eigenvalue weighted by atomic mass is 10.1. The number of carbonyl (C=O) groups excluding carboxylic acids is 1. The number of nitrogens with zero attached hydrogens (tertiary/aromatic N) is 2. The van der Waals surface area contributed by atoms with Gasteiger partial charge in [-0.3, -0.25) is 4.79 Å². The Hall–Kier alpha value is -3.19. The number of carbonyl (C=O) groups is 1. The van der Waals surface area contributed by atoms with E-state index in [1.54, 1.807) is 7.11 Å². The molecule has 1 heterocycles. The molecule has 7 heteroatoms. The van der Waals surface area contributed by atoms with E-state index in [-0.39, 0.29) is 5.91 Å². The van der Waals surface area contributed by atoms with Crippen LogP contribution in [0.25, 0.3) is 11.4 Å². The highest BCUT2D eigenvalue weighted by Gasteiger charge is 2.18. The van der Waals surface area contributed by atoms with Gasteiger partial charge in [-0.2, -0.15) is 4.98 Å². The second-order valence-electron chi connectivity index (χ2n) is 6.80. The van der Waals surface area contributed by atoms with Crippen LogP contribution in [0.1, 0.15) is 25.3 Å². The molecule has 2 aromatic carbocycles. The zero-order valence-corrected chi connectivity index (χ0v) is 17.1. The first-order valence-corrected chi connectivity index (χ1v) is 9.80. The van der Waals surface area contributed by atoms with Gasteiger partial charge < -0.3 is 19.5 Å². The molecule has 1 atom stereocenters. The maximum Gasteiger partial charge on any atom is 0.282 e. The van der Waals surface area contributed by atoms with Crippen molar-refractivity contribution in [2.75, 3.05) is 25.5 Å². The van der Waals surface area contributed by atoms with Crippen molar-refractivity contribution in [2.24, 2.45) is 0 Å². The highest BCUT2D eigenvalue weighted by molar-refractivity contribution is 5.91. The lowest BCUT2D eigenvalue weighted by molar-refractivity contribution is -0.905. The van der Waals surface area contributed by atoms with Gasteiger partial charge in [-0.15, -0.1) is 0 Å². The van der Waals surface area contributed by atoms with Crippen LogP contribution in [0.4, 0.5) is 5.69 Å². The quantitative estimate of drug-likeness (QED) is 0.581. The molecule has 3 rings (SSSR count). The molecule has 1 amide bonds. The molecule has 2 N–H and O–H groups in total. The lowest BCUT2D eigenvalue weighted by Gasteiger charge is -2.15. The lowest BCUT2D eigenvalue weighted by Crippen LogP contribution is -3.11. The van der Waals surface area contributed by atoms with Crippen molar-refractivity contribution in [3.05, 3.63) is 60.0 Å². The van der Waals surface area contributed by atoms with Crippen molar-refractivity contribution in [1.82, 2.24) is 10.1 Å². The Balaban J connectivity index is 1.57. The second kappa shape index (κ2) is 9.84. The number of anilines is 1. The van der Waals surface area contributed by atoms with Crippen molar-refractivity contribution >= 4 is 11.6 Å². The number of hydrogen-bond acceptors (Lipinski definition) is 5. The molecule has 0 aliphatic carbocycles. The molecule has 0 aliphatic rings. The molecule has 0 fully saturated rings. The zero-order valence-electron chi connectivity index (χ0n) is 17.1. The van der Waals surface area contributed by atoms with Crippen molar-refractivity contribution in [1.29, 1.82) is 0 Å². The van der Waals surface area contributed by atoms with E-state index in [9.17, 15) is 4.79 Å². The highest BCUT2D eigenvalue weighted by Crippen LogP contribution is 2.17. The molecule has 1 aromatic heterocycles. The predicted octanol–water partition coefficient (Wildman–Crippen LogP) is 2.35. The number of benzene rings is 2. The fourth-order valence-electron chi connectivity index (χ4n) is 2.97. The number of amides is 1. The van der Waals surface area contributed by atoms with Crippen LogP contribution in [0, 0.1) is 0 Å². The summed E-state index contributed by atoms with van der Waals surface area (Å²) < 4.78 is 10.5. The first kappa shape index (κ1) is 20.5. The van der Waals surface area contributed by atoms with Crippen molar-refractivity contribution in [3.8, 4) is 17.1 Å². The molecule has 1 unspecified atom stereocenters. The summed E-state index contributed by atoms with van der Waals surface area (Å²) in [5, 5.41) is 6.98. The number of ether oxygens (including phenoxy) is 1. The van der Waals surface area contributed by atoms with Gasteiger partial charge in [-0.05, 0) is 43.2 Å². The van der Waals surface area contributed by atoms with Crippen LogP contribution in [0.5, 0.6) is 5.75 Å². The average Bonchev–Trinajstić information content (AvgIpc) is 3.22. The maximum atomic E-state index is 12.4. The molecule has 3 aromatic rings. The van der Waals surface area contributed by atoms with Crippen molar-refractivity contribution in [3.63, 3.8) is 0 Å². The second-order valence-corrected chi connectivity index (χ2v) is 6.80. The summed E-state index contributed by atoms with van der Waals surface area (Å²) in [6.45, 7) is 5.71. The first-order chi connectivity index (χ1) is 14.1. The van der Waals surface area contributed by atoms with Crippen LogP contribution < -0.4 is 15.0 Å². The van der Waals surface area contributed by atoms with Crippen LogP contribution >= 0.6 is 0 Å². The van der Waals surface area contributed by atoms with E-state index in [4.69, 9.17) is 9.26 Å². The normalized spacial score (nSPS) is 11.8. The molecule has 0 radical (unpaired) electrons. The maximum absolute atomic E-state index is 12.4. The van der Waals surface area contributed by atoms with E-state index in [2.05, 4.69) is 34.5 Å². The van der Waals surface area contributed by atoms with Gasteiger partial charge in [-0.1, -0.05) is 36.3 Å². The number of quaternary nitrogens is 1. The van der Waals surface area contributed by atoms with E-state index in [1.165, 1.54) is 5.56 Å². The minimum absolute atomic E-state index is 0.0677. The van der Waals surface area contributed by atoms with E-state index >= 15 is 0 Å². The topological polar surface area (TPSA) is 81.7 Å². The summed E-state index contributed by atoms with van der Waals surface area (Å²) in [6, 6.07) is 15.4. The van der Waals surface area contributed by atoms with E-state index in [0.717, 1.165) is 34.9 Å². The molecule has 0 aliphatic heterocycles. The minimum atomic E-state index is -0.0677. The third-order valence-corrected chi connectivity index (χ3v) is 4.77. The molecule has 152 valence electrons. The van der Waals surface area contributed by atoms with Gasteiger partial charge in [0.05, 0.1) is 13.7 Å². The predicted molar refractivity (Wildman–Crippen MR) is 111 cm³/mol. The molecule has 0 saturated carbocycles. The molecule has 0 saturated heterocycles. The monoisotopic (exact) mass is 395 g/mol. The Kier molecular flexibility index (Phi) is 6.97. The average molecular weight is 395 g/mol. The summed E-state index contributed by atoms with van der Waals surface area (Å²) >= 11 is 0. The van der Waals surface area contributed by atoms with Crippen molar-refractivity contribution in [2.45, 2.75) is 26.8 Å². The van der Waals surface area contributed by atoms with Crippen LogP contribution in [-0.4, -0.2) is 36.2 Å². The van der Waals surface area contributed by atoms with Crippen LogP contribution in [0.15, 0.2) is 53.1 Å². The van der Waals surface area contributed by atoms with Gasteiger partial charge in [-0.25, -0.2) is 0 Å². The fourth-order valence-corrected chi connectivity index (χ4v) is 2.97. The third-order valence-electron chi connectivity index (χ3n) is 4.77. The summed E-state index contributed by atoms with van der Waals surface area (Å²) in [4.78, 5) is 17.9. The van der Waals surface area contributed by atoms with Gasteiger partial charge in [0.2, 0.25) is 5.82 Å². The molecule has 7 nitrogen and oxygen atoms in total. The molecule has 0 bridgehead atoms. The molecule has 0 spiro atoms. The van der Waals surface area contributed by atoms with E-state index < -0.39 is 0 Å². The van der Waals surface area contributed by atoms with Crippen LogP contribution in [0.3, 0.4) is 0 Å². The minimum Gasteiger partial charge on any atom is -0.497 e. The van der Waals surface area contributed by atoms with Crippen LogP contribution in [-0.2, 0) is 17.8 Å². The number of hydrogen-bond donors (Lipinski definition) is 2. The molecule has 29 heavy (non-hydrogen) atoms. The van der Waals surface area contributed by atoms with Gasteiger partial charge in [0.25, 0.3) is 11.8 Å². The molecular weight excluding hydrogens is 368 g/mol. The Morgan fingerprint density at radius 2 is 1.83 bits per heavy atom. The summed E-state index contributed by atoms with van der Waals surface area (Å²) in [5.41, 5.74) is 2.93. The summed E-state index contributed by atoms with van der Waals surface area (Å²) in [6.07, 6.45) is 0.991. The number of likely N-dealkylation sites (N-methyl/N-ethyl adjacent to an activating group) is 1. The van der Waals surface area contributed by atoms with Gasteiger partial charge >= 0.3 is 0 Å². The SMILES string of the molecule is CCc1ccc(-c2noc(C[NH+](CC)CC(=O)Nc3ccc(OC)cc3)n2)cc1.